The first-order valence-corrected chi connectivity index (χ1v) is 11.3. The van der Waals surface area contributed by atoms with Crippen molar-refractivity contribution in [2.45, 2.75) is 4.90 Å². The number of nitrogens with zero attached hydrogens (tertiary/aromatic N) is 3. The van der Waals surface area contributed by atoms with Crippen molar-refractivity contribution in [2.24, 2.45) is 0 Å². The smallest absolute Gasteiger partial charge is 0.246 e. The monoisotopic (exact) mass is 441 g/mol. The van der Waals surface area contributed by atoms with Gasteiger partial charge in [0.15, 0.2) is 0 Å². The van der Waals surface area contributed by atoms with Crippen LogP contribution in [-0.2, 0) is 14.8 Å². The van der Waals surface area contributed by atoms with Crippen molar-refractivity contribution in [3.63, 3.8) is 0 Å². The summed E-state index contributed by atoms with van der Waals surface area (Å²) in [5.74, 6) is -0.140. The summed E-state index contributed by atoms with van der Waals surface area (Å²) in [6, 6.07) is 14.0. The normalized spacial score (nSPS) is 15.7. The van der Waals surface area contributed by atoms with Crippen LogP contribution in [0, 0.1) is 0 Å². The van der Waals surface area contributed by atoms with Gasteiger partial charge < -0.3 is 4.90 Å². The molecule has 1 amide bonds. The van der Waals surface area contributed by atoms with Crippen LogP contribution < -0.4 is 0 Å². The van der Waals surface area contributed by atoms with E-state index in [-0.39, 0.29) is 23.9 Å². The Morgan fingerprint density at radius 1 is 1.00 bits per heavy atom. The fraction of sp³-hybridized carbons (Fsp3) is 0.182. The number of carbonyl (C=O) groups is 1. The Kier molecular flexibility index (Phi) is 5.85. The average molecular weight is 442 g/mol. The van der Waals surface area contributed by atoms with Gasteiger partial charge in [-0.1, -0.05) is 29.8 Å². The summed E-state index contributed by atoms with van der Waals surface area (Å²) in [5.41, 5.74) is 0.838. The van der Waals surface area contributed by atoms with Crippen molar-refractivity contribution in [1.82, 2.24) is 14.2 Å². The number of aromatic nitrogens is 1. The third-order valence-electron chi connectivity index (χ3n) is 5.06. The van der Waals surface area contributed by atoms with Crippen LogP contribution in [0.5, 0.6) is 0 Å². The highest BCUT2D eigenvalue weighted by Crippen LogP contribution is 2.25. The van der Waals surface area contributed by atoms with Crippen LogP contribution in [-0.4, -0.2) is 54.7 Å². The fourth-order valence-corrected chi connectivity index (χ4v) is 5.04. The zero-order valence-corrected chi connectivity index (χ0v) is 17.7. The maximum Gasteiger partial charge on any atom is 0.246 e. The summed E-state index contributed by atoms with van der Waals surface area (Å²) in [7, 11) is -3.63. The third-order valence-corrected chi connectivity index (χ3v) is 7.19. The molecule has 0 spiro atoms. The van der Waals surface area contributed by atoms with E-state index >= 15 is 0 Å². The molecule has 30 heavy (non-hydrogen) atoms. The summed E-state index contributed by atoms with van der Waals surface area (Å²) < 4.78 is 27.6. The van der Waals surface area contributed by atoms with Crippen LogP contribution in [0.4, 0.5) is 0 Å². The molecule has 6 nitrogen and oxygen atoms in total. The number of fused-ring (bicyclic) bond motifs is 1. The predicted molar refractivity (Wildman–Crippen MR) is 118 cm³/mol. The molecule has 0 unspecified atom stereocenters. The lowest BCUT2D eigenvalue weighted by molar-refractivity contribution is -0.127. The minimum atomic E-state index is -3.63. The van der Waals surface area contributed by atoms with Crippen LogP contribution in [0.15, 0.2) is 71.9 Å². The number of hydrogen-bond acceptors (Lipinski definition) is 4. The Balaban J connectivity index is 1.43. The van der Waals surface area contributed by atoms with E-state index in [4.69, 9.17) is 11.6 Å². The lowest BCUT2D eigenvalue weighted by Gasteiger charge is -2.33. The van der Waals surface area contributed by atoms with E-state index in [1.165, 1.54) is 10.4 Å². The van der Waals surface area contributed by atoms with E-state index in [0.29, 0.717) is 18.1 Å². The van der Waals surface area contributed by atoms with Crippen molar-refractivity contribution in [1.29, 1.82) is 0 Å². The van der Waals surface area contributed by atoms with Crippen LogP contribution in [0.3, 0.4) is 0 Å². The quantitative estimate of drug-likeness (QED) is 0.581. The van der Waals surface area contributed by atoms with Crippen LogP contribution >= 0.6 is 11.6 Å². The largest absolute Gasteiger partial charge is 0.337 e. The number of hydrogen-bond donors (Lipinski definition) is 0. The van der Waals surface area contributed by atoms with Gasteiger partial charge in [0.25, 0.3) is 0 Å². The Bertz CT molecular complexity index is 1200. The topological polar surface area (TPSA) is 70.6 Å². The molecule has 1 saturated heterocycles. The molecule has 1 aliphatic heterocycles. The first kappa shape index (κ1) is 20.5. The fourth-order valence-electron chi connectivity index (χ4n) is 3.40. The highest BCUT2D eigenvalue weighted by Gasteiger charge is 2.29. The number of amides is 1. The molecule has 2 aromatic carbocycles. The minimum absolute atomic E-state index is 0.140. The predicted octanol–water partition coefficient (Wildman–Crippen LogP) is 3.43. The summed E-state index contributed by atoms with van der Waals surface area (Å²) >= 11 is 6.00. The molecule has 0 aliphatic carbocycles. The lowest BCUT2D eigenvalue weighted by Crippen LogP contribution is -2.50. The van der Waals surface area contributed by atoms with Crippen molar-refractivity contribution >= 4 is 44.4 Å². The standard InChI is InChI=1S/C22H20ClN3O3S/c23-20-6-4-19-15-21(7-5-18(19)14-20)30(28,29)26-12-10-25(11-13-26)22(27)8-3-17-2-1-9-24-16-17/h1-9,14-16H,10-13H2/b8-3+. The molecule has 3 aromatic rings. The van der Waals surface area contributed by atoms with E-state index in [9.17, 15) is 13.2 Å². The number of benzene rings is 2. The number of piperazine rings is 1. The Morgan fingerprint density at radius 2 is 1.73 bits per heavy atom. The number of halogens is 1. The summed E-state index contributed by atoms with van der Waals surface area (Å²) in [4.78, 5) is 18.3. The average Bonchev–Trinajstić information content (AvgIpc) is 2.77. The molecule has 1 aromatic heterocycles. The second-order valence-corrected chi connectivity index (χ2v) is 9.38. The van der Waals surface area contributed by atoms with Gasteiger partial charge in [-0.3, -0.25) is 9.78 Å². The lowest BCUT2D eigenvalue weighted by atomic mass is 10.1. The van der Waals surface area contributed by atoms with Crippen LogP contribution in [0.1, 0.15) is 5.56 Å². The minimum Gasteiger partial charge on any atom is -0.337 e. The van der Waals surface area contributed by atoms with E-state index in [0.717, 1.165) is 16.3 Å². The van der Waals surface area contributed by atoms with Gasteiger partial charge in [0.05, 0.1) is 4.90 Å². The van der Waals surface area contributed by atoms with Crippen molar-refractivity contribution in [2.75, 3.05) is 26.2 Å². The zero-order valence-electron chi connectivity index (χ0n) is 16.1. The number of carbonyl (C=O) groups excluding carboxylic acids is 1. The maximum absolute atomic E-state index is 13.1. The van der Waals surface area contributed by atoms with Gasteiger partial charge in [-0.25, -0.2) is 8.42 Å². The van der Waals surface area contributed by atoms with Crippen LogP contribution in [0.2, 0.25) is 5.02 Å². The van der Waals surface area contributed by atoms with E-state index in [1.807, 2.05) is 12.1 Å². The second kappa shape index (κ2) is 8.55. The first-order chi connectivity index (χ1) is 14.4. The van der Waals surface area contributed by atoms with E-state index in [2.05, 4.69) is 4.98 Å². The van der Waals surface area contributed by atoms with Gasteiger partial charge in [-0.2, -0.15) is 4.31 Å². The molecule has 8 heteroatoms. The SMILES string of the molecule is O=C(/C=C/c1cccnc1)N1CCN(S(=O)(=O)c2ccc3cc(Cl)ccc3c2)CC1. The summed E-state index contributed by atoms with van der Waals surface area (Å²) in [6.07, 6.45) is 6.55. The number of sulfonamides is 1. The second-order valence-electron chi connectivity index (χ2n) is 7.00. The van der Waals surface area contributed by atoms with Gasteiger partial charge in [0.1, 0.15) is 0 Å². The van der Waals surface area contributed by atoms with Crippen molar-refractivity contribution in [3.05, 3.63) is 77.6 Å². The molecular formula is C22H20ClN3O3S. The highest BCUT2D eigenvalue weighted by atomic mass is 35.5. The molecule has 0 atom stereocenters. The Hall–Kier alpha value is -2.74. The zero-order chi connectivity index (χ0) is 21.1. The maximum atomic E-state index is 13.1. The summed E-state index contributed by atoms with van der Waals surface area (Å²) in [5, 5.41) is 2.31. The molecule has 0 bridgehead atoms. The molecule has 4 rings (SSSR count). The van der Waals surface area contributed by atoms with Crippen LogP contribution in [0.25, 0.3) is 16.8 Å². The molecule has 0 radical (unpaired) electrons. The highest BCUT2D eigenvalue weighted by molar-refractivity contribution is 7.89. The van der Waals surface area contributed by atoms with Gasteiger partial charge >= 0.3 is 0 Å². The first-order valence-electron chi connectivity index (χ1n) is 9.50. The molecule has 0 saturated carbocycles. The molecule has 2 heterocycles. The Morgan fingerprint density at radius 3 is 2.47 bits per heavy atom. The van der Waals surface area contributed by atoms with Gasteiger partial charge in [0.2, 0.25) is 15.9 Å². The molecule has 1 aliphatic rings. The molecule has 0 N–H and O–H groups in total. The number of pyridine rings is 1. The van der Waals surface area contributed by atoms with Crippen molar-refractivity contribution < 1.29 is 13.2 Å². The van der Waals surface area contributed by atoms with Crippen molar-refractivity contribution in [3.8, 4) is 0 Å². The summed E-state index contributed by atoms with van der Waals surface area (Å²) in [6.45, 7) is 1.21. The van der Waals surface area contributed by atoms with E-state index in [1.54, 1.807) is 59.8 Å². The third kappa shape index (κ3) is 4.38. The molecule has 1 fully saturated rings. The van der Waals surface area contributed by atoms with Gasteiger partial charge in [-0.05, 0) is 52.7 Å². The Labute approximate surface area is 180 Å². The molecular weight excluding hydrogens is 422 g/mol. The van der Waals surface area contributed by atoms with E-state index < -0.39 is 10.0 Å². The molecule has 154 valence electrons. The van der Waals surface area contributed by atoms with Gasteiger partial charge in [-0.15, -0.1) is 0 Å². The number of rotatable bonds is 4. The van der Waals surface area contributed by atoms with Gasteiger partial charge in [0, 0.05) is 49.7 Å².